The lowest BCUT2D eigenvalue weighted by Crippen LogP contribution is -2.48. The van der Waals surface area contributed by atoms with E-state index in [-0.39, 0.29) is 13.0 Å². The van der Waals surface area contributed by atoms with E-state index in [4.69, 9.17) is 0 Å². The summed E-state index contributed by atoms with van der Waals surface area (Å²) in [5.74, 6) is -0.847. The number of ether oxygens (including phenoxy) is 1. The summed E-state index contributed by atoms with van der Waals surface area (Å²) in [5.41, 5.74) is -1.04. The number of aryl methyl sites for hydroxylation is 1. The molecule has 0 spiro atoms. The Morgan fingerprint density at radius 2 is 2.21 bits per heavy atom. The van der Waals surface area contributed by atoms with Crippen molar-refractivity contribution in [3.63, 3.8) is 0 Å². The van der Waals surface area contributed by atoms with E-state index in [1.165, 1.54) is 11.2 Å². The number of halogens is 3. The number of aromatic amines is 1. The number of methoxy groups -OCH3 is 1. The average Bonchev–Trinajstić information content (AvgIpc) is 3.18. The van der Waals surface area contributed by atoms with Crippen molar-refractivity contribution in [1.82, 2.24) is 15.0 Å². The number of rotatable bonds is 3. The number of aromatic nitrogens is 3. The third-order valence-corrected chi connectivity index (χ3v) is 4.60. The van der Waals surface area contributed by atoms with Crippen molar-refractivity contribution in [3.05, 3.63) is 18.1 Å². The summed E-state index contributed by atoms with van der Waals surface area (Å²) in [5, 5.41) is 0.697. The fourth-order valence-corrected chi connectivity index (χ4v) is 3.23. The quantitative estimate of drug-likeness (QED) is 0.868. The lowest BCUT2D eigenvalue weighted by Gasteiger charge is -2.29. The number of nitrogens with one attached hydrogen (secondary N) is 1. The monoisotopic (exact) mass is 342 g/mol. The van der Waals surface area contributed by atoms with Crippen molar-refractivity contribution in [1.29, 1.82) is 0 Å². The Morgan fingerprint density at radius 1 is 1.46 bits per heavy atom. The summed E-state index contributed by atoms with van der Waals surface area (Å²) in [4.78, 5) is 24.7. The topological polar surface area (TPSA) is 71.1 Å². The van der Waals surface area contributed by atoms with Crippen LogP contribution in [0.4, 0.5) is 19.0 Å². The molecule has 0 amide bonds. The lowest BCUT2D eigenvalue weighted by atomic mass is 9.86. The van der Waals surface area contributed by atoms with Crippen molar-refractivity contribution in [2.45, 2.75) is 25.9 Å². The Morgan fingerprint density at radius 3 is 2.83 bits per heavy atom. The van der Waals surface area contributed by atoms with E-state index in [0.29, 0.717) is 23.3 Å². The van der Waals surface area contributed by atoms with Crippen molar-refractivity contribution in [2.75, 3.05) is 25.1 Å². The van der Waals surface area contributed by atoms with Gasteiger partial charge >= 0.3 is 12.1 Å². The SMILES string of the molecule is CCc1c[nH]c2ncnc(N3CCC(C(=O)OC)(C(F)(F)F)C3)c12. The Bertz CT molecular complexity index is 774. The molecular weight excluding hydrogens is 325 g/mol. The van der Waals surface area contributed by atoms with Crippen LogP contribution in [0.15, 0.2) is 12.5 Å². The standard InChI is InChI=1S/C15H17F3N4O2/c1-3-9-6-19-11-10(9)12(21-8-20-11)22-5-4-14(7-22,13(23)24-2)15(16,17)18/h6,8H,3-5,7H2,1-2H3,(H,19,20,21). The maximum Gasteiger partial charge on any atom is 0.406 e. The molecule has 0 radical (unpaired) electrons. The molecule has 2 aromatic rings. The normalized spacial score (nSPS) is 21.5. The van der Waals surface area contributed by atoms with Crippen LogP contribution in [0.1, 0.15) is 18.9 Å². The number of fused-ring (bicyclic) bond motifs is 1. The van der Waals surface area contributed by atoms with Gasteiger partial charge in [-0.15, -0.1) is 0 Å². The van der Waals surface area contributed by atoms with E-state index in [0.717, 1.165) is 12.7 Å². The molecular formula is C15H17F3N4O2. The molecule has 1 aliphatic rings. The van der Waals surface area contributed by atoms with E-state index in [1.807, 2.05) is 6.92 Å². The minimum absolute atomic E-state index is 0.0645. The molecule has 9 heteroatoms. The Hall–Kier alpha value is -2.32. The molecule has 1 saturated heterocycles. The summed E-state index contributed by atoms with van der Waals surface area (Å²) < 4.78 is 45.2. The molecule has 0 saturated carbocycles. The molecule has 0 bridgehead atoms. The fraction of sp³-hybridized carbons (Fsp3) is 0.533. The van der Waals surface area contributed by atoms with Crippen molar-refractivity contribution in [2.24, 2.45) is 5.41 Å². The van der Waals surface area contributed by atoms with Gasteiger partial charge in [0.15, 0.2) is 5.41 Å². The summed E-state index contributed by atoms with van der Waals surface area (Å²) in [7, 11) is 0.975. The molecule has 24 heavy (non-hydrogen) atoms. The first kappa shape index (κ1) is 16.5. The van der Waals surface area contributed by atoms with Crippen LogP contribution in [-0.4, -0.2) is 47.3 Å². The van der Waals surface area contributed by atoms with E-state index < -0.39 is 24.1 Å². The van der Waals surface area contributed by atoms with E-state index in [9.17, 15) is 18.0 Å². The molecule has 3 heterocycles. The summed E-state index contributed by atoms with van der Waals surface area (Å²) in [6, 6.07) is 0. The zero-order chi connectivity index (χ0) is 17.5. The van der Waals surface area contributed by atoms with Gasteiger partial charge in [-0.25, -0.2) is 9.97 Å². The Balaban J connectivity index is 2.04. The third-order valence-electron chi connectivity index (χ3n) is 4.60. The van der Waals surface area contributed by atoms with Gasteiger partial charge in [-0.05, 0) is 18.4 Å². The average molecular weight is 342 g/mol. The number of anilines is 1. The van der Waals surface area contributed by atoms with Crippen LogP contribution in [0.3, 0.4) is 0 Å². The summed E-state index contributed by atoms with van der Waals surface area (Å²) in [6.45, 7) is 1.50. The fourth-order valence-electron chi connectivity index (χ4n) is 3.23. The summed E-state index contributed by atoms with van der Waals surface area (Å²) >= 11 is 0. The van der Waals surface area contributed by atoms with Crippen molar-refractivity contribution < 1.29 is 22.7 Å². The van der Waals surface area contributed by atoms with Crippen molar-refractivity contribution >= 4 is 22.8 Å². The molecule has 0 aliphatic carbocycles. The minimum Gasteiger partial charge on any atom is -0.468 e. The highest BCUT2D eigenvalue weighted by Crippen LogP contribution is 2.47. The predicted octanol–water partition coefficient (Wildman–Crippen LogP) is 2.45. The second-order valence-electron chi connectivity index (χ2n) is 5.83. The molecule has 1 atom stereocenters. The number of carbonyl (C=O) groups is 1. The number of nitrogens with zero attached hydrogens (tertiary/aromatic N) is 3. The molecule has 1 unspecified atom stereocenters. The first-order valence-electron chi connectivity index (χ1n) is 7.55. The lowest BCUT2D eigenvalue weighted by molar-refractivity contribution is -0.227. The van der Waals surface area contributed by atoms with Gasteiger partial charge in [-0.3, -0.25) is 4.79 Å². The number of H-pyrrole nitrogens is 1. The number of carbonyl (C=O) groups excluding carboxylic acids is 1. The van der Waals surface area contributed by atoms with Crippen LogP contribution in [-0.2, 0) is 16.0 Å². The number of esters is 1. The van der Waals surface area contributed by atoms with E-state index >= 15 is 0 Å². The highest BCUT2D eigenvalue weighted by atomic mass is 19.4. The van der Waals surface area contributed by atoms with Crippen LogP contribution in [0.25, 0.3) is 11.0 Å². The molecule has 130 valence electrons. The van der Waals surface area contributed by atoms with Gasteiger partial charge in [-0.1, -0.05) is 6.92 Å². The van der Waals surface area contributed by atoms with Gasteiger partial charge in [0.1, 0.15) is 17.8 Å². The molecule has 1 aliphatic heterocycles. The zero-order valence-corrected chi connectivity index (χ0v) is 13.3. The smallest absolute Gasteiger partial charge is 0.406 e. The Labute approximate surface area is 136 Å². The maximum absolute atomic E-state index is 13.6. The first-order chi connectivity index (χ1) is 11.3. The highest BCUT2D eigenvalue weighted by Gasteiger charge is 2.64. The molecule has 0 aromatic carbocycles. The third kappa shape index (κ3) is 2.30. The summed E-state index contributed by atoms with van der Waals surface area (Å²) in [6.07, 6.45) is -1.28. The highest BCUT2D eigenvalue weighted by molar-refractivity contribution is 5.91. The van der Waals surface area contributed by atoms with Gasteiger partial charge < -0.3 is 14.6 Å². The van der Waals surface area contributed by atoms with Gasteiger partial charge in [-0.2, -0.15) is 13.2 Å². The van der Waals surface area contributed by atoms with Crippen molar-refractivity contribution in [3.8, 4) is 0 Å². The number of hydrogen-bond acceptors (Lipinski definition) is 5. The van der Waals surface area contributed by atoms with E-state index in [1.54, 1.807) is 6.20 Å². The molecule has 3 rings (SSSR count). The molecule has 1 fully saturated rings. The second-order valence-corrected chi connectivity index (χ2v) is 5.83. The molecule has 2 aromatic heterocycles. The van der Waals surface area contributed by atoms with Crippen LogP contribution >= 0.6 is 0 Å². The van der Waals surface area contributed by atoms with Crippen LogP contribution in [0, 0.1) is 5.41 Å². The van der Waals surface area contributed by atoms with Gasteiger partial charge in [0.25, 0.3) is 0 Å². The zero-order valence-electron chi connectivity index (χ0n) is 13.3. The van der Waals surface area contributed by atoms with Gasteiger partial charge in [0.05, 0.1) is 12.5 Å². The predicted molar refractivity (Wildman–Crippen MR) is 80.6 cm³/mol. The van der Waals surface area contributed by atoms with Crippen LogP contribution in [0.2, 0.25) is 0 Å². The van der Waals surface area contributed by atoms with Gasteiger partial charge in [0, 0.05) is 19.3 Å². The number of alkyl halides is 3. The Kier molecular flexibility index (Phi) is 3.89. The minimum atomic E-state index is -4.69. The van der Waals surface area contributed by atoms with Gasteiger partial charge in [0.2, 0.25) is 0 Å². The maximum atomic E-state index is 13.6. The van der Waals surface area contributed by atoms with E-state index in [2.05, 4.69) is 19.7 Å². The molecule has 6 nitrogen and oxygen atoms in total. The largest absolute Gasteiger partial charge is 0.468 e. The first-order valence-corrected chi connectivity index (χ1v) is 7.55. The van der Waals surface area contributed by atoms with Crippen LogP contribution in [0.5, 0.6) is 0 Å². The molecule has 1 N–H and O–H groups in total. The second kappa shape index (κ2) is 5.64. The van der Waals surface area contributed by atoms with Crippen LogP contribution < -0.4 is 4.90 Å². The number of hydrogen-bond donors (Lipinski definition) is 1.